The summed E-state index contributed by atoms with van der Waals surface area (Å²) >= 11 is 0. The zero-order valence-corrected chi connectivity index (χ0v) is 16.2. The highest BCUT2D eigenvalue weighted by Gasteiger charge is 2.28. The Bertz CT molecular complexity index is 1040. The summed E-state index contributed by atoms with van der Waals surface area (Å²) in [7, 11) is -3.66. The highest BCUT2D eigenvalue weighted by molar-refractivity contribution is 7.89. The number of nitrogens with one attached hydrogen (secondary N) is 2. The number of hydrogen-bond acceptors (Lipinski definition) is 6. The normalized spacial score (nSPS) is 15.4. The fourth-order valence-corrected chi connectivity index (χ4v) is 4.10. The molecule has 0 aliphatic carbocycles. The minimum absolute atomic E-state index is 0.111. The smallest absolute Gasteiger partial charge is 0.330 e. The maximum atomic E-state index is 13.1. The fraction of sp³-hybridized carbons (Fsp3) is 0.278. The number of carbonyl (C=O) groups is 2. The monoisotopic (exact) mass is 422 g/mol. The first-order chi connectivity index (χ1) is 13.6. The molecule has 9 nitrogen and oxygen atoms in total. The zero-order valence-electron chi connectivity index (χ0n) is 15.4. The molecule has 1 aliphatic heterocycles. The van der Waals surface area contributed by atoms with Crippen LogP contribution in [0.4, 0.5) is 15.0 Å². The lowest BCUT2D eigenvalue weighted by molar-refractivity contribution is -0.117. The molecule has 11 heteroatoms. The predicted octanol–water partition coefficient (Wildman–Crippen LogP) is 1.21. The second kappa shape index (κ2) is 8.13. The zero-order chi connectivity index (χ0) is 21.2. The van der Waals surface area contributed by atoms with Crippen molar-refractivity contribution in [2.75, 3.05) is 17.2 Å². The van der Waals surface area contributed by atoms with E-state index in [0.29, 0.717) is 16.9 Å². The molecule has 2 heterocycles. The van der Waals surface area contributed by atoms with Gasteiger partial charge in [-0.25, -0.2) is 27.3 Å². The average Bonchev–Trinajstić information content (AvgIpc) is 3.00. The number of halogens is 1. The molecule has 1 saturated heterocycles. The van der Waals surface area contributed by atoms with E-state index in [1.807, 2.05) is 0 Å². The summed E-state index contributed by atoms with van der Waals surface area (Å²) in [5, 5.41) is 11.6. The lowest BCUT2D eigenvalue weighted by Crippen LogP contribution is -2.30. The van der Waals surface area contributed by atoms with Gasteiger partial charge in [0.25, 0.3) is 0 Å². The summed E-state index contributed by atoms with van der Waals surface area (Å²) < 4.78 is 40.3. The molecule has 1 aromatic carbocycles. The van der Waals surface area contributed by atoms with Crippen molar-refractivity contribution in [3.63, 3.8) is 0 Å². The highest BCUT2D eigenvalue weighted by atomic mass is 32.2. The molecule has 0 radical (unpaired) electrons. The number of urea groups is 1. The van der Waals surface area contributed by atoms with Crippen molar-refractivity contribution in [3.8, 4) is 5.75 Å². The minimum atomic E-state index is -3.66. The number of aromatic hydroxyl groups is 1. The van der Waals surface area contributed by atoms with Crippen molar-refractivity contribution >= 4 is 27.8 Å². The predicted molar refractivity (Wildman–Crippen MR) is 102 cm³/mol. The van der Waals surface area contributed by atoms with Crippen molar-refractivity contribution in [2.45, 2.75) is 19.4 Å². The summed E-state index contributed by atoms with van der Waals surface area (Å²) in [5.74, 6) is -1.66. The van der Waals surface area contributed by atoms with E-state index in [9.17, 15) is 27.5 Å². The number of aromatic nitrogens is 1. The molecule has 0 spiro atoms. The van der Waals surface area contributed by atoms with Crippen LogP contribution in [0.5, 0.6) is 5.75 Å². The van der Waals surface area contributed by atoms with Crippen LogP contribution in [0.25, 0.3) is 0 Å². The summed E-state index contributed by atoms with van der Waals surface area (Å²) in [6, 6.07) is 5.60. The number of nitrogens with zero attached hydrogens (tertiary/aromatic N) is 2. The number of benzene rings is 1. The molecule has 3 N–H and O–H groups in total. The maximum absolute atomic E-state index is 13.1. The first kappa shape index (κ1) is 20.7. The van der Waals surface area contributed by atoms with Gasteiger partial charge in [0.05, 0.1) is 5.75 Å². The second-order valence-electron chi connectivity index (χ2n) is 6.58. The summed E-state index contributed by atoms with van der Waals surface area (Å²) in [5.41, 5.74) is 1.06. The molecular formula is C18H19FN4O5S. The van der Waals surface area contributed by atoms with Crippen LogP contribution in [0.2, 0.25) is 0 Å². The Morgan fingerprint density at radius 3 is 2.66 bits per heavy atom. The molecule has 3 rings (SSSR count). The second-order valence-corrected chi connectivity index (χ2v) is 8.46. The first-order valence-corrected chi connectivity index (χ1v) is 10.3. The molecule has 29 heavy (non-hydrogen) atoms. The number of amides is 3. The SMILES string of the molecule is C[C@@H](NS(=O)(=O)CCc1ccc(N2CC(=O)NC2=O)nc1)c1ccc(F)c(O)c1. The van der Waals surface area contributed by atoms with Gasteiger partial charge in [-0.2, -0.15) is 0 Å². The number of rotatable bonds is 7. The number of hydrogen-bond donors (Lipinski definition) is 3. The van der Waals surface area contributed by atoms with E-state index in [1.165, 1.54) is 29.3 Å². The van der Waals surface area contributed by atoms with E-state index < -0.39 is 39.6 Å². The summed E-state index contributed by atoms with van der Waals surface area (Å²) in [6.07, 6.45) is 1.62. The van der Waals surface area contributed by atoms with Gasteiger partial charge in [-0.15, -0.1) is 0 Å². The Kier molecular flexibility index (Phi) is 5.80. The summed E-state index contributed by atoms with van der Waals surface area (Å²) in [6.45, 7) is 1.48. The minimum Gasteiger partial charge on any atom is -0.505 e. The maximum Gasteiger partial charge on any atom is 0.330 e. The van der Waals surface area contributed by atoms with Crippen LogP contribution >= 0.6 is 0 Å². The molecule has 1 aliphatic rings. The molecule has 1 aromatic heterocycles. The number of sulfonamides is 1. The number of pyridine rings is 1. The lowest BCUT2D eigenvalue weighted by Gasteiger charge is -2.15. The third-order valence-corrected chi connectivity index (χ3v) is 5.82. The molecule has 1 atom stereocenters. The Hall–Kier alpha value is -3.05. The standard InChI is InChI=1S/C18H19FN4O5S/c1-11(13-3-4-14(19)15(24)8-13)22-29(27,28)7-6-12-2-5-16(20-9-12)23-10-17(25)21-18(23)26/h2-5,8-9,11,22,24H,6-7,10H2,1H3,(H,21,25,26)/t11-/m1/s1. The van der Waals surface area contributed by atoms with Crippen molar-refractivity contribution in [1.82, 2.24) is 15.0 Å². The van der Waals surface area contributed by atoms with Gasteiger partial charge < -0.3 is 5.11 Å². The highest BCUT2D eigenvalue weighted by Crippen LogP contribution is 2.22. The van der Waals surface area contributed by atoms with Crippen LogP contribution < -0.4 is 14.9 Å². The van der Waals surface area contributed by atoms with Gasteiger partial charge in [0.15, 0.2) is 11.6 Å². The van der Waals surface area contributed by atoms with Crippen molar-refractivity contribution in [3.05, 3.63) is 53.5 Å². The van der Waals surface area contributed by atoms with Crippen LogP contribution in [0.3, 0.4) is 0 Å². The fourth-order valence-electron chi connectivity index (χ4n) is 2.80. The molecule has 154 valence electrons. The average molecular weight is 422 g/mol. The van der Waals surface area contributed by atoms with Gasteiger partial charge in [0, 0.05) is 12.2 Å². The summed E-state index contributed by atoms with van der Waals surface area (Å²) in [4.78, 5) is 28.1. The van der Waals surface area contributed by atoms with Crippen LogP contribution in [-0.4, -0.2) is 42.7 Å². The molecule has 2 aromatic rings. The van der Waals surface area contributed by atoms with Gasteiger partial charge >= 0.3 is 6.03 Å². The van der Waals surface area contributed by atoms with Crippen LogP contribution in [-0.2, 0) is 21.2 Å². The van der Waals surface area contributed by atoms with E-state index in [2.05, 4.69) is 15.0 Å². The van der Waals surface area contributed by atoms with Crippen LogP contribution in [0.15, 0.2) is 36.5 Å². The number of carbonyl (C=O) groups excluding carboxylic acids is 2. The van der Waals surface area contributed by atoms with Crippen molar-refractivity contribution < 1.29 is 27.5 Å². The first-order valence-electron chi connectivity index (χ1n) is 8.69. The molecule has 0 bridgehead atoms. The molecule has 1 fully saturated rings. The molecule has 0 unspecified atom stereocenters. The topological polar surface area (TPSA) is 129 Å². The van der Waals surface area contributed by atoms with Gasteiger partial charge in [-0.1, -0.05) is 12.1 Å². The van der Waals surface area contributed by atoms with Gasteiger partial charge in [0.1, 0.15) is 12.4 Å². The van der Waals surface area contributed by atoms with Gasteiger partial charge in [-0.3, -0.25) is 15.0 Å². The largest absolute Gasteiger partial charge is 0.505 e. The number of phenolic OH excluding ortho intramolecular Hbond substituents is 1. The van der Waals surface area contributed by atoms with E-state index in [0.717, 1.165) is 6.07 Å². The third kappa shape index (κ3) is 5.06. The molecular weight excluding hydrogens is 403 g/mol. The Morgan fingerprint density at radius 1 is 1.31 bits per heavy atom. The lowest BCUT2D eigenvalue weighted by atomic mass is 10.1. The van der Waals surface area contributed by atoms with Crippen LogP contribution in [0.1, 0.15) is 24.1 Å². The van der Waals surface area contributed by atoms with Gasteiger partial charge in [-0.05, 0) is 42.7 Å². The van der Waals surface area contributed by atoms with E-state index in [-0.39, 0.29) is 18.7 Å². The molecule has 3 amide bonds. The Morgan fingerprint density at radius 2 is 2.07 bits per heavy atom. The van der Waals surface area contributed by atoms with E-state index >= 15 is 0 Å². The van der Waals surface area contributed by atoms with Crippen LogP contribution in [0, 0.1) is 5.82 Å². The third-order valence-electron chi connectivity index (χ3n) is 4.36. The van der Waals surface area contributed by atoms with Crippen molar-refractivity contribution in [2.24, 2.45) is 0 Å². The van der Waals surface area contributed by atoms with Gasteiger partial charge in [0.2, 0.25) is 15.9 Å². The quantitative estimate of drug-likeness (QED) is 0.575. The number of anilines is 1. The number of phenols is 1. The number of aryl methyl sites for hydroxylation is 1. The van der Waals surface area contributed by atoms with Crippen molar-refractivity contribution in [1.29, 1.82) is 0 Å². The van der Waals surface area contributed by atoms with E-state index in [1.54, 1.807) is 13.0 Å². The Labute approximate surface area is 166 Å². The molecule has 0 saturated carbocycles. The van der Waals surface area contributed by atoms with E-state index in [4.69, 9.17) is 0 Å². The Balaban J connectivity index is 1.59. The number of imide groups is 1.